The van der Waals surface area contributed by atoms with E-state index < -0.39 is 0 Å². The van der Waals surface area contributed by atoms with Crippen LogP contribution in [0.15, 0.2) is 54.6 Å². The number of hydrogen-bond donors (Lipinski definition) is 2. The van der Waals surface area contributed by atoms with E-state index in [1.54, 1.807) is 24.3 Å². The average Bonchev–Trinajstić information content (AvgIpc) is 2.54. The summed E-state index contributed by atoms with van der Waals surface area (Å²) in [5.41, 5.74) is 1.68. The third-order valence-electron chi connectivity index (χ3n) is 2.99. The molecule has 2 aromatic rings. The minimum absolute atomic E-state index is 0.0759. The van der Waals surface area contributed by atoms with E-state index in [1.807, 2.05) is 30.3 Å². The molecular weight excluding hydrogens is 266 g/mol. The van der Waals surface area contributed by atoms with Gasteiger partial charge in [-0.25, -0.2) is 0 Å². The lowest BCUT2D eigenvalue weighted by Crippen LogP contribution is -2.24. The van der Waals surface area contributed by atoms with Crippen LogP contribution in [0, 0.1) is 0 Å². The van der Waals surface area contributed by atoms with Crippen molar-refractivity contribution in [1.82, 2.24) is 5.32 Å². The van der Waals surface area contributed by atoms with Crippen LogP contribution in [-0.4, -0.2) is 24.2 Å². The first kappa shape index (κ1) is 15.1. The summed E-state index contributed by atoms with van der Waals surface area (Å²) in [6.07, 6.45) is 0.560. The van der Waals surface area contributed by atoms with Crippen LogP contribution in [0.25, 0.3) is 0 Å². The standard InChI is InChI=1S/C17H19NO3/c19-12-4-11-18-17(20)15-7-9-16(10-8-15)21-13-14-5-2-1-3-6-14/h1-3,5-10,19H,4,11-13H2,(H,18,20). The van der Waals surface area contributed by atoms with Gasteiger partial charge in [-0.1, -0.05) is 30.3 Å². The molecule has 0 bridgehead atoms. The van der Waals surface area contributed by atoms with Crippen molar-refractivity contribution in [3.63, 3.8) is 0 Å². The molecule has 4 heteroatoms. The third kappa shape index (κ3) is 4.93. The molecule has 0 aliphatic heterocycles. The fourth-order valence-corrected chi connectivity index (χ4v) is 1.83. The number of benzene rings is 2. The van der Waals surface area contributed by atoms with Gasteiger partial charge in [0.25, 0.3) is 5.91 Å². The number of carbonyl (C=O) groups is 1. The SMILES string of the molecule is O=C(NCCCO)c1ccc(OCc2ccccc2)cc1. The molecule has 0 spiro atoms. The molecule has 0 fully saturated rings. The fourth-order valence-electron chi connectivity index (χ4n) is 1.83. The summed E-state index contributed by atoms with van der Waals surface area (Å²) in [5.74, 6) is 0.587. The van der Waals surface area contributed by atoms with Crippen LogP contribution in [0.1, 0.15) is 22.3 Å². The molecule has 2 N–H and O–H groups in total. The van der Waals surface area contributed by atoms with Gasteiger partial charge in [-0.05, 0) is 36.2 Å². The van der Waals surface area contributed by atoms with Crippen LogP contribution >= 0.6 is 0 Å². The van der Waals surface area contributed by atoms with Gasteiger partial charge in [-0.15, -0.1) is 0 Å². The summed E-state index contributed by atoms with van der Waals surface area (Å²) in [7, 11) is 0. The van der Waals surface area contributed by atoms with Crippen molar-refractivity contribution in [3.05, 3.63) is 65.7 Å². The molecule has 110 valence electrons. The van der Waals surface area contributed by atoms with Gasteiger partial charge in [0, 0.05) is 18.7 Å². The van der Waals surface area contributed by atoms with E-state index in [4.69, 9.17) is 9.84 Å². The molecule has 0 saturated heterocycles. The third-order valence-corrected chi connectivity index (χ3v) is 2.99. The second-order valence-corrected chi connectivity index (χ2v) is 4.63. The second-order valence-electron chi connectivity index (χ2n) is 4.63. The lowest BCUT2D eigenvalue weighted by atomic mass is 10.2. The van der Waals surface area contributed by atoms with Crippen LogP contribution in [0.2, 0.25) is 0 Å². The topological polar surface area (TPSA) is 58.6 Å². The first-order valence-corrected chi connectivity index (χ1v) is 6.95. The number of aliphatic hydroxyl groups excluding tert-OH is 1. The van der Waals surface area contributed by atoms with E-state index >= 15 is 0 Å². The minimum Gasteiger partial charge on any atom is -0.489 e. The molecule has 0 unspecified atom stereocenters. The Balaban J connectivity index is 1.85. The highest BCUT2D eigenvalue weighted by molar-refractivity contribution is 5.94. The van der Waals surface area contributed by atoms with E-state index in [0.29, 0.717) is 25.1 Å². The summed E-state index contributed by atoms with van der Waals surface area (Å²) < 4.78 is 5.66. The van der Waals surface area contributed by atoms with Crippen molar-refractivity contribution in [3.8, 4) is 5.75 Å². The van der Waals surface area contributed by atoms with Crippen molar-refractivity contribution < 1.29 is 14.6 Å². The Morgan fingerprint density at radius 1 is 1.05 bits per heavy atom. The van der Waals surface area contributed by atoms with Gasteiger partial charge >= 0.3 is 0 Å². The molecule has 0 aliphatic carbocycles. The molecule has 2 aromatic carbocycles. The predicted molar refractivity (Wildman–Crippen MR) is 81.3 cm³/mol. The quantitative estimate of drug-likeness (QED) is 0.768. The highest BCUT2D eigenvalue weighted by atomic mass is 16.5. The lowest BCUT2D eigenvalue weighted by Gasteiger charge is -2.08. The summed E-state index contributed by atoms with van der Waals surface area (Å²) in [6, 6.07) is 16.9. The van der Waals surface area contributed by atoms with Crippen molar-refractivity contribution in [1.29, 1.82) is 0 Å². The normalized spacial score (nSPS) is 10.1. The molecular formula is C17H19NO3. The van der Waals surface area contributed by atoms with E-state index in [2.05, 4.69) is 5.32 Å². The van der Waals surface area contributed by atoms with Crippen molar-refractivity contribution in [2.24, 2.45) is 0 Å². The van der Waals surface area contributed by atoms with Gasteiger partial charge in [0.05, 0.1) is 0 Å². The Hall–Kier alpha value is -2.33. The summed E-state index contributed by atoms with van der Waals surface area (Å²) in [6.45, 7) is 1.05. The predicted octanol–water partition coefficient (Wildman–Crippen LogP) is 2.38. The number of aliphatic hydroxyl groups is 1. The molecule has 0 aromatic heterocycles. The van der Waals surface area contributed by atoms with E-state index in [1.165, 1.54) is 0 Å². The Morgan fingerprint density at radius 2 is 1.76 bits per heavy atom. The number of rotatable bonds is 7. The Labute approximate surface area is 124 Å². The first-order valence-electron chi connectivity index (χ1n) is 6.95. The van der Waals surface area contributed by atoms with Crippen molar-refractivity contribution in [2.45, 2.75) is 13.0 Å². The monoisotopic (exact) mass is 285 g/mol. The molecule has 0 radical (unpaired) electrons. The lowest BCUT2D eigenvalue weighted by molar-refractivity contribution is 0.0951. The molecule has 21 heavy (non-hydrogen) atoms. The summed E-state index contributed by atoms with van der Waals surface area (Å²) in [4.78, 5) is 11.8. The highest BCUT2D eigenvalue weighted by Crippen LogP contribution is 2.14. The zero-order valence-corrected chi connectivity index (χ0v) is 11.8. The highest BCUT2D eigenvalue weighted by Gasteiger charge is 2.04. The zero-order valence-electron chi connectivity index (χ0n) is 11.8. The van der Waals surface area contributed by atoms with Gasteiger partial charge in [0.2, 0.25) is 0 Å². The van der Waals surface area contributed by atoms with Crippen LogP contribution in [0.5, 0.6) is 5.75 Å². The minimum atomic E-state index is -0.141. The van der Waals surface area contributed by atoms with Gasteiger partial charge in [0.1, 0.15) is 12.4 Å². The van der Waals surface area contributed by atoms with Crippen LogP contribution in [0.4, 0.5) is 0 Å². The maximum absolute atomic E-state index is 11.8. The van der Waals surface area contributed by atoms with Crippen molar-refractivity contribution >= 4 is 5.91 Å². The largest absolute Gasteiger partial charge is 0.489 e. The zero-order chi connectivity index (χ0) is 14.9. The average molecular weight is 285 g/mol. The number of ether oxygens (including phenoxy) is 1. The smallest absolute Gasteiger partial charge is 0.251 e. The molecule has 0 saturated carbocycles. The van der Waals surface area contributed by atoms with Crippen LogP contribution in [-0.2, 0) is 6.61 Å². The van der Waals surface area contributed by atoms with Gasteiger partial charge in [0.15, 0.2) is 0 Å². The van der Waals surface area contributed by atoms with E-state index in [-0.39, 0.29) is 12.5 Å². The Kier molecular flexibility index (Phi) is 5.79. The fraction of sp³-hybridized carbons (Fsp3) is 0.235. The van der Waals surface area contributed by atoms with Gasteiger partial charge in [-0.2, -0.15) is 0 Å². The van der Waals surface area contributed by atoms with Crippen LogP contribution in [0.3, 0.4) is 0 Å². The number of amides is 1. The summed E-state index contributed by atoms with van der Waals surface area (Å²) >= 11 is 0. The van der Waals surface area contributed by atoms with Gasteiger partial charge in [-0.3, -0.25) is 4.79 Å². The molecule has 2 rings (SSSR count). The molecule has 0 heterocycles. The molecule has 0 atom stereocenters. The summed E-state index contributed by atoms with van der Waals surface area (Å²) in [5, 5.41) is 11.4. The maximum Gasteiger partial charge on any atom is 0.251 e. The second kappa shape index (κ2) is 8.07. The van der Waals surface area contributed by atoms with E-state index in [0.717, 1.165) is 11.3 Å². The number of nitrogens with one attached hydrogen (secondary N) is 1. The maximum atomic E-state index is 11.8. The van der Waals surface area contributed by atoms with E-state index in [9.17, 15) is 4.79 Å². The molecule has 1 amide bonds. The number of hydrogen-bond acceptors (Lipinski definition) is 3. The molecule has 4 nitrogen and oxygen atoms in total. The van der Waals surface area contributed by atoms with Gasteiger partial charge < -0.3 is 15.2 Å². The number of carbonyl (C=O) groups excluding carboxylic acids is 1. The Morgan fingerprint density at radius 3 is 2.43 bits per heavy atom. The van der Waals surface area contributed by atoms with Crippen molar-refractivity contribution in [2.75, 3.05) is 13.2 Å². The van der Waals surface area contributed by atoms with Crippen LogP contribution < -0.4 is 10.1 Å². The molecule has 0 aliphatic rings. The first-order chi connectivity index (χ1) is 10.3. The Bertz CT molecular complexity index is 552.